The minimum absolute atomic E-state index is 0.239. The van der Waals surface area contributed by atoms with Crippen LogP contribution in [-0.2, 0) is 19.3 Å². The van der Waals surface area contributed by atoms with Crippen LogP contribution in [0.15, 0.2) is 0 Å². The highest BCUT2D eigenvalue weighted by Crippen LogP contribution is 2.27. The Morgan fingerprint density at radius 1 is 1.05 bits per heavy atom. The summed E-state index contributed by atoms with van der Waals surface area (Å²) in [6.45, 7) is 9.80. The Morgan fingerprint density at radius 3 is 2.47 bits per heavy atom. The molecule has 0 spiro atoms. The van der Waals surface area contributed by atoms with Crippen LogP contribution in [0.2, 0.25) is 0 Å². The molecule has 3 nitrogen and oxygen atoms in total. The topological polar surface area (TPSA) is 37.8 Å². The lowest BCUT2D eigenvalue weighted by Crippen LogP contribution is -2.16. The Morgan fingerprint density at radius 2 is 1.79 bits per heavy atom. The maximum atomic E-state index is 4.85. The van der Waals surface area contributed by atoms with Gasteiger partial charge in [0.2, 0.25) is 0 Å². The first-order valence-corrected chi connectivity index (χ1v) is 7.62. The van der Waals surface area contributed by atoms with Crippen LogP contribution < -0.4 is 5.32 Å². The predicted molar refractivity (Wildman–Crippen MR) is 80.6 cm³/mol. The molecule has 1 aliphatic rings. The van der Waals surface area contributed by atoms with Gasteiger partial charge >= 0.3 is 0 Å². The molecule has 1 heterocycles. The quantitative estimate of drug-likeness (QED) is 0.842. The third-order valence-corrected chi connectivity index (χ3v) is 3.51. The van der Waals surface area contributed by atoms with Crippen molar-refractivity contribution in [3.8, 4) is 0 Å². The van der Waals surface area contributed by atoms with E-state index in [4.69, 9.17) is 9.97 Å². The van der Waals surface area contributed by atoms with E-state index < -0.39 is 0 Å². The monoisotopic (exact) mass is 261 g/mol. The summed E-state index contributed by atoms with van der Waals surface area (Å²) in [6, 6.07) is 0. The molecule has 0 saturated heterocycles. The second-order valence-electron chi connectivity index (χ2n) is 6.74. The van der Waals surface area contributed by atoms with E-state index in [1.54, 1.807) is 0 Å². The average molecular weight is 261 g/mol. The van der Waals surface area contributed by atoms with Crippen LogP contribution in [0.25, 0.3) is 0 Å². The van der Waals surface area contributed by atoms with Crippen molar-refractivity contribution in [1.82, 2.24) is 9.97 Å². The van der Waals surface area contributed by atoms with E-state index in [0.29, 0.717) is 0 Å². The second-order valence-corrected chi connectivity index (χ2v) is 6.74. The van der Waals surface area contributed by atoms with Crippen molar-refractivity contribution >= 4 is 5.82 Å². The molecule has 0 unspecified atom stereocenters. The van der Waals surface area contributed by atoms with Crippen LogP contribution in [-0.4, -0.2) is 16.5 Å². The van der Waals surface area contributed by atoms with Gasteiger partial charge in [0, 0.05) is 24.2 Å². The van der Waals surface area contributed by atoms with Crippen molar-refractivity contribution in [3.63, 3.8) is 0 Å². The van der Waals surface area contributed by atoms with Crippen LogP contribution in [0.3, 0.4) is 0 Å². The van der Waals surface area contributed by atoms with Crippen molar-refractivity contribution in [2.75, 3.05) is 11.9 Å². The normalized spacial score (nSPS) is 15.8. The molecular weight excluding hydrogens is 234 g/mol. The highest BCUT2D eigenvalue weighted by Gasteiger charge is 2.19. The third-order valence-electron chi connectivity index (χ3n) is 3.51. The van der Waals surface area contributed by atoms with Gasteiger partial charge in [0.15, 0.2) is 0 Å². The van der Waals surface area contributed by atoms with Crippen molar-refractivity contribution in [1.29, 1.82) is 0 Å². The molecule has 0 aliphatic heterocycles. The summed E-state index contributed by atoms with van der Waals surface area (Å²) in [7, 11) is 0. The summed E-state index contributed by atoms with van der Waals surface area (Å²) in [4.78, 5) is 9.63. The molecule has 1 aliphatic carbocycles. The molecule has 1 aromatic rings. The lowest BCUT2D eigenvalue weighted by atomic mass is 9.92. The molecule has 0 saturated carbocycles. The zero-order valence-corrected chi connectivity index (χ0v) is 12.8. The number of hydrogen-bond acceptors (Lipinski definition) is 3. The van der Waals surface area contributed by atoms with Gasteiger partial charge < -0.3 is 5.32 Å². The van der Waals surface area contributed by atoms with Crippen LogP contribution in [0.1, 0.15) is 64.0 Å². The fourth-order valence-corrected chi connectivity index (χ4v) is 2.69. The number of anilines is 1. The predicted octanol–water partition coefficient (Wildman–Crippen LogP) is 3.77. The van der Waals surface area contributed by atoms with Crippen molar-refractivity contribution in [2.24, 2.45) is 5.41 Å². The Kier molecular flexibility index (Phi) is 4.43. The number of aromatic nitrogens is 2. The van der Waals surface area contributed by atoms with Gasteiger partial charge in [-0.25, -0.2) is 9.97 Å². The van der Waals surface area contributed by atoms with Crippen molar-refractivity contribution in [3.05, 3.63) is 17.1 Å². The number of aryl methyl sites for hydroxylation is 1. The SMILES string of the molecule is CCNc1nc(CC(C)(C)C)nc2c1CCCCC2. The number of fused-ring (bicyclic) bond motifs is 1. The van der Waals surface area contributed by atoms with Crippen molar-refractivity contribution < 1.29 is 0 Å². The van der Waals surface area contributed by atoms with E-state index in [1.165, 1.54) is 30.5 Å². The summed E-state index contributed by atoms with van der Waals surface area (Å²) in [5.41, 5.74) is 2.90. The molecule has 1 aromatic heterocycles. The number of hydrogen-bond donors (Lipinski definition) is 1. The Hall–Kier alpha value is -1.12. The lowest BCUT2D eigenvalue weighted by molar-refractivity contribution is 0.400. The summed E-state index contributed by atoms with van der Waals surface area (Å²) in [5, 5.41) is 3.44. The minimum Gasteiger partial charge on any atom is -0.370 e. The van der Waals surface area contributed by atoms with Gasteiger partial charge in [-0.3, -0.25) is 0 Å². The second kappa shape index (κ2) is 5.89. The van der Waals surface area contributed by atoms with Gasteiger partial charge in [-0.15, -0.1) is 0 Å². The molecule has 0 radical (unpaired) electrons. The number of nitrogens with one attached hydrogen (secondary N) is 1. The Balaban J connectivity index is 2.36. The lowest BCUT2D eigenvalue weighted by Gasteiger charge is -2.19. The molecule has 0 bridgehead atoms. The van der Waals surface area contributed by atoms with E-state index in [-0.39, 0.29) is 5.41 Å². The fraction of sp³-hybridized carbons (Fsp3) is 0.750. The first-order valence-electron chi connectivity index (χ1n) is 7.62. The summed E-state index contributed by atoms with van der Waals surface area (Å²) >= 11 is 0. The van der Waals surface area contributed by atoms with E-state index >= 15 is 0 Å². The summed E-state index contributed by atoms with van der Waals surface area (Å²) in [5.74, 6) is 2.10. The molecule has 2 rings (SSSR count). The standard InChI is InChI=1S/C16H27N3/c1-5-17-15-12-9-7-6-8-10-13(12)18-14(19-15)11-16(2,3)4/h5-11H2,1-4H3,(H,17,18,19). The van der Waals surface area contributed by atoms with E-state index in [2.05, 4.69) is 33.0 Å². The minimum atomic E-state index is 0.239. The molecule has 1 N–H and O–H groups in total. The molecule has 0 fully saturated rings. The van der Waals surface area contributed by atoms with Gasteiger partial charge in [0.05, 0.1) is 0 Å². The molecule has 0 aromatic carbocycles. The maximum absolute atomic E-state index is 4.85. The van der Waals surface area contributed by atoms with Crippen LogP contribution in [0.5, 0.6) is 0 Å². The van der Waals surface area contributed by atoms with E-state index in [0.717, 1.165) is 37.4 Å². The zero-order chi connectivity index (χ0) is 13.9. The van der Waals surface area contributed by atoms with E-state index in [1.807, 2.05) is 0 Å². The molecule has 0 atom stereocenters. The molecular formula is C16H27N3. The van der Waals surface area contributed by atoms with Gasteiger partial charge in [-0.2, -0.15) is 0 Å². The highest BCUT2D eigenvalue weighted by molar-refractivity contribution is 5.47. The summed E-state index contributed by atoms with van der Waals surface area (Å²) in [6.07, 6.45) is 7.05. The highest BCUT2D eigenvalue weighted by atomic mass is 15.0. The van der Waals surface area contributed by atoms with Gasteiger partial charge in [0.1, 0.15) is 11.6 Å². The van der Waals surface area contributed by atoms with Crippen LogP contribution >= 0.6 is 0 Å². The van der Waals surface area contributed by atoms with Crippen LogP contribution in [0.4, 0.5) is 5.82 Å². The molecule has 19 heavy (non-hydrogen) atoms. The first kappa shape index (κ1) is 14.3. The summed E-state index contributed by atoms with van der Waals surface area (Å²) < 4.78 is 0. The maximum Gasteiger partial charge on any atom is 0.133 e. The van der Waals surface area contributed by atoms with Crippen LogP contribution in [0, 0.1) is 5.41 Å². The Bertz CT molecular complexity index is 432. The van der Waals surface area contributed by atoms with Gasteiger partial charge in [0.25, 0.3) is 0 Å². The average Bonchev–Trinajstić information content (AvgIpc) is 2.52. The molecule has 0 amide bonds. The smallest absolute Gasteiger partial charge is 0.133 e. The Labute approximate surface area is 117 Å². The molecule has 3 heteroatoms. The fourth-order valence-electron chi connectivity index (χ4n) is 2.69. The molecule has 106 valence electrons. The number of rotatable bonds is 3. The third kappa shape index (κ3) is 3.92. The van der Waals surface area contributed by atoms with Gasteiger partial charge in [-0.1, -0.05) is 27.2 Å². The first-order chi connectivity index (χ1) is 8.99. The number of nitrogens with zero attached hydrogens (tertiary/aromatic N) is 2. The van der Waals surface area contributed by atoms with E-state index in [9.17, 15) is 0 Å². The zero-order valence-electron chi connectivity index (χ0n) is 12.8. The van der Waals surface area contributed by atoms with Crippen molar-refractivity contribution in [2.45, 2.75) is 66.2 Å². The largest absolute Gasteiger partial charge is 0.370 e. The van der Waals surface area contributed by atoms with Gasteiger partial charge in [-0.05, 0) is 38.0 Å².